The number of ketones is 3. The van der Waals surface area contributed by atoms with Crippen molar-refractivity contribution in [3.05, 3.63) is 51.6 Å². The molecule has 0 spiro atoms. The first-order chi connectivity index (χ1) is 18.4. The number of hydrogen-bond acceptors (Lipinski definition) is 12. The van der Waals surface area contributed by atoms with Crippen LogP contribution >= 0.6 is 0 Å². The van der Waals surface area contributed by atoms with Gasteiger partial charge < -0.3 is 45.5 Å². The Balaban J connectivity index is 1.69. The number of ether oxygens (including phenoxy) is 3. The smallest absolute Gasteiger partial charge is 0.202 e. The number of Topliss-reactive ketones (excluding diaryl/α,β-unsaturated/α-hetero) is 1. The molecule has 1 saturated heterocycles. The maximum atomic E-state index is 13.6. The lowest BCUT2D eigenvalue weighted by atomic mass is 9.72. The number of phenolic OH excluding ortho intramolecular Hbond substituents is 2. The number of fused-ring (bicyclic) bond motifs is 3. The van der Waals surface area contributed by atoms with Crippen molar-refractivity contribution in [3.8, 4) is 17.2 Å². The molecular weight excluding hydrogens is 514 g/mol. The molecule has 3 aliphatic rings. The molecule has 2 aromatic carbocycles. The summed E-state index contributed by atoms with van der Waals surface area (Å²) in [5, 5.41) is 53.7. The van der Waals surface area contributed by atoms with Gasteiger partial charge in [-0.15, -0.1) is 0 Å². The number of aromatic hydroxyl groups is 2. The van der Waals surface area contributed by atoms with Gasteiger partial charge in [0.2, 0.25) is 5.78 Å². The summed E-state index contributed by atoms with van der Waals surface area (Å²) in [4.78, 5) is 39.7. The summed E-state index contributed by atoms with van der Waals surface area (Å²) < 4.78 is 17.0. The Morgan fingerprint density at radius 1 is 1.15 bits per heavy atom. The molecule has 1 fully saturated rings. The fourth-order valence-electron chi connectivity index (χ4n) is 5.75. The fraction of sp³-hybridized carbons (Fsp3) is 0.444. The van der Waals surface area contributed by atoms with Gasteiger partial charge in [-0.2, -0.15) is 0 Å². The minimum atomic E-state index is -2.24. The van der Waals surface area contributed by atoms with Crippen LogP contribution in [0.25, 0.3) is 0 Å². The molecule has 2 aliphatic carbocycles. The van der Waals surface area contributed by atoms with Crippen molar-refractivity contribution in [2.75, 3.05) is 13.7 Å². The van der Waals surface area contributed by atoms with E-state index in [1.54, 1.807) is 6.92 Å². The molecule has 0 bridgehead atoms. The van der Waals surface area contributed by atoms with Crippen LogP contribution in [0.4, 0.5) is 0 Å². The normalized spacial score (nSPS) is 29.8. The highest BCUT2D eigenvalue weighted by atomic mass is 16.7. The Morgan fingerprint density at radius 2 is 1.85 bits per heavy atom. The van der Waals surface area contributed by atoms with E-state index in [0.717, 1.165) is 0 Å². The van der Waals surface area contributed by atoms with Gasteiger partial charge in [0.1, 0.15) is 29.5 Å². The summed E-state index contributed by atoms with van der Waals surface area (Å²) in [6, 6.07) is 3.64. The standard InChI is InChI=1S/C27H29NO11/c1-10-22(31)13(28)6-17(38-10)39-15-8-27(36,16(30)9-29)7-12-19(15)26(35)21-20(24(12)33)23(32)11-4-3-5-14(37-2)18(11)25(21)34/h3-5,10,13,15,17,22,29,31,33,35-36H,6-9,28H2,1-2H3/t10?,13?,15?,17-,22?,27?/m1/s1. The lowest BCUT2D eigenvalue weighted by Gasteiger charge is -2.42. The van der Waals surface area contributed by atoms with Crippen molar-refractivity contribution >= 4 is 17.3 Å². The van der Waals surface area contributed by atoms with Gasteiger partial charge in [-0.3, -0.25) is 14.4 Å². The van der Waals surface area contributed by atoms with Gasteiger partial charge in [-0.05, 0) is 13.0 Å². The fourth-order valence-corrected chi connectivity index (χ4v) is 5.75. The number of aliphatic hydroxyl groups excluding tert-OH is 2. The quantitative estimate of drug-likeness (QED) is 0.235. The van der Waals surface area contributed by atoms with Crippen molar-refractivity contribution in [2.45, 2.75) is 62.4 Å². The van der Waals surface area contributed by atoms with Gasteiger partial charge in [-0.1, -0.05) is 12.1 Å². The minimum Gasteiger partial charge on any atom is -0.507 e. The number of nitrogens with two attached hydrogens (primary N) is 1. The van der Waals surface area contributed by atoms with Gasteiger partial charge in [0.25, 0.3) is 0 Å². The van der Waals surface area contributed by atoms with E-state index in [-0.39, 0.29) is 34.4 Å². The number of carbonyl (C=O) groups is 3. The molecule has 39 heavy (non-hydrogen) atoms. The third kappa shape index (κ3) is 4.11. The average Bonchev–Trinajstić information content (AvgIpc) is 2.90. The molecule has 0 saturated carbocycles. The molecule has 0 radical (unpaired) electrons. The largest absolute Gasteiger partial charge is 0.507 e. The van der Waals surface area contributed by atoms with E-state index in [2.05, 4.69) is 0 Å². The van der Waals surface area contributed by atoms with E-state index in [1.807, 2.05) is 0 Å². The van der Waals surface area contributed by atoms with Gasteiger partial charge in [0.05, 0.1) is 42.1 Å². The van der Waals surface area contributed by atoms with Crippen LogP contribution < -0.4 is 10.5 Å². The highest BCUT2D eigenvalue weighted by molar-refractivity contribution is 6.31. The van der Waals surface area contributed by atoms with Crippen molar-refractivity contribution in [3.63, 3.8) is 0 Å². The Hall–Kier alpha value is -3.39. The second-order valence-corrected chi connectivity index (χ2v) is 10.2. The van der Waals surface area contributed by atoms with Gasteiger partial charge in [0, 0.05) is 42.0 Å². The topological polar surface area (TPSA) is 206 Å². The number of rotatable bonds is 5. The molecule has 5 rings (SSSR count). The first-order valence-corrected chi connectivity index (χ1v) is 12.4. The molecule has 7 N–H and O–H groups in total. The maximum Gasteiger partial charge on any atom is 0.202 e. The number of methoxy groups -OCH3 is 1. The molecule has 0 amide bonds. The third-order valence-corrected chi connectivity index (χ3v) is 7.81. The molecule has 2 aromatic rings. The van der Waals surface area contributed by atoms with Crippen LogP contribution in [0.1, 0.15) is 68.8 Å². The summed E-state index contributed by atoms with van der Waals surface area (Å²) >= 11 is 0. The third-order valence-electron chi connectivity index (χ3n) is 7.81. The molecular formula is C27H29NO11. The second-order valence-electron chi connectivity index (χ2n) is 10.2. The molecule has 12 nitrogen and oxygen atoms in total. The van der Waals surface area contributed by atoms with E-state index in [1.165, 1.54) is 25.3 Å². The lowest BCUT2D eigenvalue weighted by molar-refractivity contribution is -0.247. The summed E-state index contributed by atoms with van der Waals surface area (Å²) in [5.41, 5.74) is 2.37. The lowest BCUT2D eigenvalue weighted by Crippen LogP contribution is -2.53. The van der Waals surface area contributed by atoms with Gasteiger partial charge in [-0.25, -0.2) is 0 Å². The summed E-state index contributed by atoms with van der Waals surface area (Å²) in [7, 11) is 1.32. The molecule has 12 heteroatoms. The summed E-state index contributed by atoms with van der Waals surface area (Å²) in [5.74, 6) is -3.77. The predicted octanol–water partition coefficient (Wildman–Crippen LogP) is 0.00130. The summed E-state index contributed by atoms with van der Waals surface area (Å²) in [6.45, 7) is 0.560. The number of hydrogen-bond donors (Lipinski definition) is 6. The van der Waals surface area contributed by atoms with E-state index in [0.29, 0.717) is 0 Å². The van der Waals surface area contributed by atoms with Crippen LogP contribution in [0.3, 0.4) is 0 Å². The summed E-state index contributed by atoms with van der Waals surface area (Å²) in [6.07, 6.45) is -5.12. The molecule has 6 atom stereocenters. The first kappa shape index (κ1) is 27.2. The zero-order chi connectivity index (χ0) is 28.4. The van der Waals surface area contributed by atoms with Crippen LogP contribution in [-0.2, 0) is 20.7 Å². The zero-order valence-electron chi connectivity index (χ0n) is 21.2. The second kappa shape index (κ2) is 9.66. The highest BCUT2D eigenvalue weighted by Gasteiger charge is 2.50. The molecule has 5 unspecified atom stereocenters. The van der Waals surface area contributed by atoms with Crippen LogP contribution in [0, 0.1) is 0 Å². The Bertz CT molecular complexity index is 1380. The van der Waals surface area contributed by atoms with Crippen LogP contribution in [0.15, 0.2) is 18.2 Å². The van der Waals surface area contributed by atoms with E-state index < -0.39 is 95.7 Å². The minimum absolute atomic E-state index is 0.0173. The van der Waals surface area contributed by atoms with Crippen LogP contribution in [0.2, 0.25) is 0 Å². The Labute approximate surface area is 222 Å². The Kier molecular flexibility index (Phi) is 6.74. The van der Waals surface area contributed by atoms with Crippen molar-refractivity contribution in [1.29, 1.82) is 0 Å². The number of phenols is 2. The maximum absolute atomic E-state index is 13.6. The van der Waals surface area contributed by atoms with E-state index in [4.69, 9.17) is 19.9 Å². The monoisotopic (exact) mass is 543 g/mol. The number of benzene rings is 2. The zero-order valence-corrected chi connectivity index (χ0v) is 21.2. The van der Waals surface area contributed by atoms with E-state index in [9.17, 15) is 39.9 Å². The predicted molar refractivity (Wildman–Crippen MR) is 132 cm³/mol. The van der Waals surface area contributed by atoms with Gasteiger partial charge >= 0.3 is 0 Å². The SMILES string of the molecule is COc1cccc2c1C(=O)c1c(O)c3c(c(O)c1C2=O)CC(O)(C(=O)CO)CC3O[C@@H]1CC(N)C(O)C(C)O1. The molecule has 1 aliphatic heterocycles. The Morgan fingerprint density at radius 3 is 2.49 bits per heavy atom. The molecule has 208 valence electrons. The van der Waals surface area contributed by atoms with Crippen LogP contribution in [-0.4, -0.2) is 86.7 Å². The average molecular weight is 544 g/mol. The van der Waals surface area contributed by atoms with Crippen molar-refractivity contribution < 1.29 is 54.1 Å². The van der Waals surface area contributed by atoms with Crippen LogP contribution in [0.5, 0.6) is 17.2 Å². The number of carbonyl (C=O) groups excluding carboxylic acids is 3. The highest BCUT2D eigenvalue weighted by Crippen LogP contribution is 2.52. The number of aliphatic hydroxyl groups is 3. The van der Waals surface area contributed by atoms with E-state index >= 15 is 0 Å². The molecule has 0 aromatic heterocycles. The first-order valence-electron chi connectivity index (χ1n) is 12.4. The molecule has 1 heterocycles. The van der Waals surface area contributed by atoms with Crippen molar-refractivity contribution in [2.24, 2.45) is 5.73 Å². The van der Waals surface area contributed by atoms with Gasteiger partial charge in [0.15, 0.2) is 17.9 Å². The van der Waals surface area contributed by atoms with Crippen molar-refractivity contribution in [1.82, 2.24) is 0 Å².